The molecule has 0 spiro atoms. The number of hydrogen-bond acceptors (Lipinski definition) is 4. The fourth-order valence-corrected chi connectivity index (χ4v) is 2.01. The maximum atomic E-state index is 5.14. The number of ether oxygens (including phenoxy) is 1. The van der Waals surface area contributed by atoms with E-state index in [1.54, 1.807) is 13.4 Å². The minimum Gasteiger partial charge on any atom is -0.497 e. The van der Waals surface area contributed by atoms with Crippen molar-refractivity contribution in [1.29, 1.82) is 0 Å². The van der Waals surface area contributed by atoms with Gasteiger partial charge in [0.05, 0.1) is 12.8 Å². The number of nitrogens with zero attached hydrogens (tertiary/aromatic N) is 2. The molecule has 3 rings (SSSR count). The second-order valence-electron chi connectivity index (χ2n) is 4.51. The zero-order valence-corrected chi connectivity index (χ0v) is 11.7. The van der Waals surface area contributed by atoms with Crippen molar-refractivity contribution in [3.05, 3.63) is 67.0 Å². The van der Waals surface area contributed by atoms with Gasteiger partial charge in [-0.05, 0) is 24.3 Å². The van der Waals surface area contributed by atoms with Gasteiger partial charge in [-0.3, -0.25) is 0 Å². The highest BCUT2D eigenvalue weighted by atomic mass is 16.5. The second kappa shape index (κ2) is 6.05. The molecule has 1 N–H and O–H groups in total. The van der Waals surface area contributed by atoms with Gasteiger partial charge in [-0.1, -0.05) is 30.3 Å². The maximum absolute atomic E-state index is 5.14. The molecule has 0 bridgehead atoms. The average Bonchev–Trinajstić information content (AvgIpc) is 2.57. The van der Waals surface area contributed by atoms with Crippen LogP contribution in [0.4, 0.5) is 11.5 Å². The molecule has 0 saturated carbocycles. The first-order chi connectivity index (χ1) is 10.3. The second-order valence-corrected chi connectivity index (χ2v) is 4.51. The lowest BCUT2D eigenvalue weighted by Crippen LogP contribution is -1.95. The van der Waals surface area contributed by atoms with Gasteiger partial charge in [0.25, 0.3) is 0 Å². The lowest BCUT2D eigenvalue weighted by molar-refractivity contribution is 0.415. The van der Waals surface area contributed by atoms with Gasteiger partial charge >= 0.3 is 0 Å². The van der Waals surface area contributed by atoms with E-state index in [9.17, 15) is 0 Å². The van der Waals surface area contributed by atoms with Crippen molar-refractivity contribution in [2.45, 2.75) is 0 Å². The fourth-order valence-electron chi connectivity index (χ4n) is 2.01. The standard InChI is InChI=1S/C17H15N3O/c1-21-15-9-7-14(8-10-15)20-17-11-16(18-12-19-17)13-5-3-2-4-6-13/h2-12H,1H3,(H,18,19,20). The van der Waals surface area contributed by atoms with Gasteiger partial charge in [-0.15, -0.1) is 0 Å². The Morgan fingerprint density at radius 1 is 0.905 bits per heavy atom. The van der Waals surface area contributed by atoms with E-state index in [4.69, 9.17) is 4.74 Å². The van der Waals surface area contributed by atoms with Crippen molar-refractivity contribution >= 4 is 11.5 Å². The van der Waals surface area contributed by atoms with Crippen LogP contribution < -0.4 is 10.1 Å². The Balaban J connectivity index is 1.83. The van der Waals surface area contributed by atoms with Crippen molar-refractivity contribution in [2.75, 3.05) is 12.4 Å². The molecule has 2 aromatic carbocycles. The van der Waals surface area contributed by atoms with Gasteiger partial charge in [0.1, 0.15) is 17.9 Å². The van der Waals surface area contributed by atoms with Crippen LogP contribution in [-0.4, -0.2) is 17.1 Å². The SMILES string of the molecule is COc1ccc(Nc2cc(-c3ccccc3)ncn2)cc1. The van der Waals surface area contributed by atoms with Crippen LogP contribution in [0.2, 0.25) is 0 Å². The molecule has 104 valence electrons. The minimum atomic E-state index is 0.758. The van der Waals surface area contributed by atoms with E-state index in [0.29, 0.717) is 0 Å². The number of anilines is 2. The smallest absolute Gasteiger partial charge is 0.134 e. The predicted octanol–water partition coefficient (Wildman–Crippen LogP) is 3.90. The molecule has 4 nitrogen and oxygen atoms in total. The number of hydrogen-bond donors (Lipinski definition) is 1. The number of methoxy groups -OCH3 is 1. The summed E-state index contributed by atoms with van der Waals surface area (Å²) >= 11 is 0. The molecule has 0 unspecified atom stereocenters. The first kappa shape index (κ1) is 13.1. The monoisotopic (exact) mass is 277 g/mol. The predicted molar refractivity (Wildman–Crippen MR) is 83.7 cm³/mol. The van der Waals surface area contributed by atoms with Crippen LogP contribution in [0.3, 0.4) is 0 Å². The zero-order valence-electron chi connectivity index (χ0n) is 11.7. The Morgan fingerprint density at radius 2 is 1.67 bits per heavy atom. The van der Waals surface area contributed by atoms with E-state index in [1.807, 2.05) is 60.7 Å². The van der Waals surface area contributed by atoms with Crippen LogP contribution in [-0.2, 0) is 0 Å². The molecule has 0 aliphatic rings. The maximum Gasteiger partial charge on any atom is 0.134 e. The average molecular weight is 277 g/mol. The van der Waals surface area contributed by atoms with E-state index >= 15 is 0 Å². The van der Waals surface area contributed by atoms with E-state index in [1.165, 1.54) is 0 Å². The highest BCUT2D eigenvalue weighted by Crippen LogP contribution is 2.22. The summed E-state index contributed by atoms with van der Waals surface area (Å²) in [5.41, 5.74) is 2.91. The van der Waals surface area contributed by atoms with Gasteiger partial charge in [0.2, 0.25) is 0 Å². The molecule has 0 radical (unpaired) electrons. The highest BCUT2D eigenvalue weighted by molar-refractivity contribution is 5.65. The van der Waals surface area contributed by atoms with Crippen LogP contribution in [0.25, 0.3) is 11.3 Å². The van der Waals surface area contributed by atoms with E-state index in [0.717, 1.165) is 28.5 Å². The van der Waals surface area contributed by atoms with Gasteiger partial charge in [-0.25, -0.2) is 9.97 Å². The fraction of sp³-hybridized carbons (Fsp3) is 0.0588. The summed E-state index contributed by atoms with van der Waals surface area (Å²) in [5.74, 6) is 1.59. The van der Waals surface area contributed by atoms with E-state index in [2.05, 4.69) is 15.3 Å². The third-order valence-electron chi connectivity index (χ3n) is 3.10. The molecule has 3 aromatic rings. The van der Waals surface area contributed by atoms with Crippen molar-refractivity contribution in [1.82, 2.24) is 9.97 Å². The Labute approximate surface area is 123 Å². The molecular formula is C17H15N3O. The normalized spacial score (nSPS) is 10.1. The third-order valence-corrected chi connectivity index (χ3v) is 3.10. The third kappa shape index (κ3) is 3.17. The van der Waals surface area contributed by atoms with Gasteiger partial charge < -0.3 is 10.1 Å². The van der Waals surface area contributed by atoms with E-state index < -0.39 is 0 Å². The molecule has 1 heterocycles. The summed E-state index contributed by atoms with van der Waals surface area (Å²) < 4.78 is 5.14. The van der Waals surface area contributed by atoms with Crippen molar-refractivity contribution in [3.8, 4) is 17.0 Å². The number of aromatic nitrogens is 2. The molecule has 21 heavy (non-hydrogen) atoms. The van der Waals surface area contributed by atoms with Crippen LogP contribution >= 0.6 is 0 Å². The zero-order chi connectivity index (χ0) is 14.5. The number of nitrogens with one attached hydrogen (secondary N) is 1. The van der Waals surface area contributed by atoms with Crippen molar-refractivity contribution in [3.63, 3.8) is 0 Å². The lowest BCUT2D eigenvalue weighted by atomic mass is 10.1. The Bertz CT molecular complexity index is 712. The molecule has 0 aliphatic carbocycles. The van der Waals surface area contributed by atoms with Crippen LogP contribution in [0, 0.1) is 0 Å². The minimum absolute atomic E-state index is 0.758. The molecule has 0 aliphatic heterocycles. The Morgan fingerprint density at radius 3 is 2.38 bits per heavy atom. The van der Waals surface area contributed by atoms with Gasteiger partial charge in [0.15, 0.2) is 0 Å². The van der Waals surface area contributed by atoms with Crippen molar-refractivity contribution in [2.24, 2.45) is 0 Å². The summed E-state index contributed by atoms with van der Waals surface area (Å²) in [6.07, 6.45) is 1.56. The van der Waals surface area contributed by atoms with Crippen LogP contribution in [0.1, 0.15) is 0 Å². The summed E-state index contributed by atoms with van der Waals surface area (Å²) in [6, 6.07) is 19.7. The van der Waals surface area contributed by atoms with E-state index in [-0.39, 0.29) is 0 Å². The quantitative estimate of drug-likeness (QED) is 0.785. The molecule has 0 amide bonds. The summed E-state index contributed by atoms with van der Waals surface area (Å²) in [5, 5.41) is 3.26. The first-order valence-electron chi connectivity index (χ1n) is 6.64. The molecule has 1 aromatic heterocycles. The van der Waals surface area contributed by atoms with Crippen LogP contribution in [0.15, 0.2) is 67.0 Å². The summed E-state index contributed by atoms with van der Waals surface area (Å²) in [7, 11) is 1.65. The molecule has 4 heteroatoms. The molecule has 0 saturated heterocycles. The Kier molecular flexibility index (Phi) is 3.78. The number of benzene rings is 2. The summed E-state index contributed by atoms with van der Waals surface area (Å²) in [6.45, 7) is 0. The summed E-state index contributed by atoms with van der Waals surface area (Å²) in [4.78, 5) is 8.56. The molecule has 0 atom stereocenters. The van der Waals surface area contributed by atoms with Crippen LogP contribution in [0.5, 0.6) is 5.75 Å². The topological polar surface area (TPSA) is 47.0 Å². The Hall–Kier alpha value is -2.88. The van der Waals surface area contributed by atoms with Crippen molar-refractivity contribution < 1.29 is 4.74 Å². The highest BCUT2D eigenvalue weighted by Gasteiger charge is 2.02. The van der Waals surface area contributed by atoms with Gasteiger partial charge in [-0.2, -0.15) is 0 Å². The van der Waals surface area contributed by atoms with Gasteiger partial charge in [0, 0.05) is 17.3 Å². The molecule has 0 fully saturated rings. The largest absolute Gasteiger partial charge is 0.497 e. The molecular weight excluding hydrogens is 262 g/mol. The lowest BCUT2D eigenvalue weighted by Gasteiger charge is -2.08. The number of rotatable bonds is 4. The first-order valence-corrected chi connectivity index (χ1v) is 6.64.